The number of amides is 3. The smallest absolute Gasteiger partial charge is 0.408 e. The zero-order valence-corrected chi connectivity index (χ0v) is 22.6. The van der Waals surface area contributed by atoms with Gasteiger partial charge >= 0.3 is 6.09 Å². The first-order chi connectivity index (χ1) is 20.0. The number of hydrogen-bond donors (Lipinski definition) is 2. The molecule has 8 nitrogen and oxygen atoms in total. The van der Waals surface area contributed by atoms with Crippen molar-refractivity contribution in [1.29, 1.82) is 0 Å². The Hall–Kier alpha value is -5.24. The maximum Gasteiger partial charge on any atom is 0.408 e. The second-order valence-corrected chi connectivity index (χ2v) is 9.62. The number of para-hydroxylation sites is 1. The van der Waals surface area contributed by atoms with Crippen LogP contribution in [0.5, 0.6) is 0 Å². The van der Waals surface area contributed by atoms with E-state index < -0.39 is 30.1 Å². The summed E-state index contributed by atoms with van der Waals surface area (Å²) in [4.78, 5) is 46.3. The Labute approximate surface area is 238 Å². The molecular weight excluding hydrogens is 516 g/mol. The molecule has 1 aliphatic rings. The lowest BCUT2D eigenvalue weighted by molar-refractivity contribution is -0.128. The summed E-state index contributed by atoms with van der Waals surface area (Å²) in [6.07, 6.45) is -1.76. The van der Waals surface area contributed by atoms with Gasteiger partial charge < -0.3 is 20.3 Å². The van der Waals surface area contributed by atoms with Gasteiger partial charge in [-0.15, -0.1) is 0 Å². The van der Waals surface area contributed by atoms with Crippen LogP contribution in [0.4, 0.5) is 10.5 Å². The van der Waals surface area contributed by atoms with E-state index in [-0.39, 0.29) is 13.0 Å². The highest BCUT2D eigenvalue weighted by Crippen LogP contribution is 2.27. The fraction of sp³-hybridized carbons (Fsp3) is 0.152. The standard InChI is InChI=1S/C33H30N4O4/c1-37-28-20-12-11-19-26(28)29(25-17-9-4-10-18-25)35-30(32(37)39)36-31(38)27(21-23-13-5-2-6-14-23)34-33(40)41-22-24-15-7-3-8-16-24/h2-20,27,30H,21-22H2,1H3,(H,34,40)(H,36,38)/t27-,30+/m1/s1. The minimum absolute atomic E-state index is 0.0568. The van der Waals surface area contributed by atoms with Gasteiger partial charge in [-0.1, -0.05) is 109 Å². The van der Waals surface area contributed by atoms with E-state index in [1.54, 1.807) is 7.05 Å². The molecule has 0 saturated heterocycles. The Kier molecular flexibility index (Phi) is 8.49. The van der Waals surface area contributed by atoms with Crippen LogP contribution in [0.2, 0.25) is 0 Å². The van der Waals surface area contributed by atoms with Gasteiger partial charge in [-0.25, -0.2) is 9.79 Å². The lowest BCUT2D eigenvalue weighted by atomic mass is 10.0. The molecule has 0 saturated carbocycles. The van der Waals surface area contributed by atoms with Gasteiger partial charge in [0, 0.05) is 24.6 Å². The Morgan fingerprint density at radius 3 is 2.10 bits per heavy atom. The fourth-order valence-corrected chi connectivity index (χ4v) is 4.64. The number of aliphatic imine (C=N–C) groups is 1. The SMILES string of the molecule is CN1C(=O)[C@H](NC(=O)[C@@H](Cc2ccccc2)NC(=O)OCc2ccccc2)N=C(c2ccccc2)c2ccccc21. The average molecular weight is 547 g/mol. The van der Waals surface area contributed by atoms with Crippen molar-refractivity contribution in [3.05, 3.63) is 138 Å². The number of fused-ring (bicyclic) bond motifs is 1. The van der Waals surface area contributed by atoms with E-state index in [1.165, 1.54) is 4.90 Å². The molecular formula is C33H30N4O4. The van der Waals surface area contributed by atoms with Crippen LogP contribution < -0.4 is 15.5 Å². The minimum Gasteiger partial charge on any atom is -0.445 e. The van der Waals surface area contributed by atoms with Crippen LogP contribution in [-0.2, 0) is 27.4 Å². The van der Waals surface area contributed by atoms with Gasteiger partial charge in [0.1, 0.15) is 12.6 Å². The second kappa shape index (κ2) is 12.7. The van der Waals surface area contributed by atoms with Gasteiger partial charge in [0.2, 0.25) is 12.1 Å². The fourth-order valence-electron chi connectivity index (χ4n) is 4.64. The molecule has 1 aliphatic heterocycles. The predicted molar refractivity (Wildman–Crippen MR) is 158 cm³/mol. The normalized spacial score (nSPS) is 15.1. The van der Waals surface area contributed by atoms with E-state index in [0.717, 1.165) is 22.3 Å². The molecule has 2 atom stereocenters. The number of alkyl carbamates (subject to hydrolysis) is 1. The van der Waals surface area contributed by atoms with Crippen LogP contribution >= 0.6 is 0 Å². The molecule has 3 amide bonds. The topological polar surface area (TPSA) is 100 Å². The summed E-state index contributed by atoms with van der Waals surface area (Å²) in [6.45, 7) is 0.0568. The summed E-state index contributed by atoms with van der Waals surface area (Å²) < 4.78 is 5.38. The number of carbonyl (C=O) groups is 3. The molecule has 4 aromatic carbocycles. The molecule has 0 fully saturated rings. The van der Waals surface area contributed by atoms with Crippen LogP contribution in [0.15, 0.2) is 120 Å². The lowest BCUT2D eigenvalue weighted by Crippen LogP contribution is -2.54. The largest absolute Gasteiger partial charge is 0.445 e. The number of carbonyl (C=O) groups excluding carboxylic acids is 3. The maximum atomic E-state index is 13.7. The lowest BCUT2D eigenvalue weighted by Gasteiger charge is -2.23. The van der Waals surface area contributed by atoms with Gasteiger partial charge in [-0.05, 0) is 17.2 Å². The van der Waals surface area contributed by atoms with Crippen molar-refractivity contribution in [2.75, 3.05) is 11.9 Å². The van der Waals surface area contributed by atoms with Crippen molar-refractivity contribution in [3.63, 3.8) is 0 Å². The Balaban J connectivity index is 1.40. The zero-order chi connectivity index (χ0) is 28.6. The molecule has 0 spiro atoms. The first kappa shape index (κ1) is 27.3. The van der Waals surface area contributed by atoms with Crippen LogP contribution in [0.25, 0.3) is 0 Å². The highest BCUT2D eigenvalue weighted by Gasteiger charge is 2.33. The molecule has 0 aromatic heterocycles. The molecule has 2 N–H and O–H groups in total. The number of rotatable bonds is 8. The molecule has 0 bridgehead atoms. The summed E-state index contributed by atoms with van der Waals surface area (Å²) >= 11 is 0. The third-order valence-electron chi connectivity index (χ3n) is 6.77. The van der Waals surface area contributed by atoms with E-state index in [4.69, 9.17) is 9.73 Å². The highest BCUT2D eigenvalue weighted by molar-refractivity contribution is 6.20. The number of likely N-dealkylation sites (N-methyl/N-ethyl adjacent to an activating group) is 1. The molecule has 1 heterocycles. The minimum atomic E-state index is -1.21. The predicted octanol–water partition coefficient (Wildman–Crippen LogP) is 4.48. The Morgan fingerprint density at radius 2 is 1.41 bits per heavy atom. The number of hydrogen-bond acceptors (Lipinski definition) is 5. The number of nitrogens with one attached hydrogen (secondary N) is 2. The van der Waals surface area contributed by atoms with Crippen LogP contribution in [0, 0.1) is 0 Å². The van der Waals surface area contributed by atoms with Gasteiger partial charge in [-0.3, -0.25) is 9.59 Å². The van der Waals surface area contributed by atoms with Gasteiger partial charge in [-0.2, -0.15) is 0 Å². The molecule has 0 radical (unpaired) electrons. The van der Waals surface area contributed by atoms with E-state index in [2.05, 4.69) is 10.6 Å². The first-order valence-corrected chi connectivity index (χ1v) is 13.3. The number of benzene rings is 4. The third kappa shape index (κ3) is 6.67. The highest BCUT2D eigenvalue weighted by atomic mass is 16.5. The quantitative estimate of drug-likeness (QED) is 0.340. The average Bonchev–Trinajstić information content (AvgIpc) is 3.12. The van der Waals surface area contributed by atoms with Gasteiger partial charge in [0.15, 0.2) is 0 Å². The number of nitrogens with zero attached hydrogens (tertiary/aromatic N) is 2. The van der Waals surface area contributed by atoms with Crippen molar-refractivity contribution in [1.82, 2.24) is 10.6 Å². The molecule has 4 aromatic rings. The van der Waals surface area contributed by atoms with E-state index in [9.17, 15) is 14.4 Å². The van der Waals surface area contributed by atoms with Crippen molar-refractivity contribution in [3.8, 4) is 0 Å². The van der Waals surface area contributed by atoms with Crippen LogP contribution in [0.3, 0.4) is 0 Å². The number of ether oxygens (including phenoxy) is 1. The number of benzodiazepines with no additional fused rings is 1. The zero-order valence-electron chi connectivity index (χ0n) is 22.6. The van der Waals surface area contributed by atoms with Crippen LogP contribution in [0.1, 0.15) is 22.3 Å². The molecule has 41 heavy (non-hydrogen) atoms. The van der Waals surface area contributed by atoms with Gasteiger partial charge in [0.25, 0.3) is 5.91 Å². The summed E-state index contributed by atoms with van der Waals surface area (Å²) in [5.41, 5.74) is 4.50. The van der Waals surface area contributed by atoms with Crippen LogP contribution in [-0.4, -0.2) is 42.9 Å². The number of anilines is 1. The molecule has 0 unspecified atom stereocenters. The van der Waals surface area contributed by atoms with Crippen molar-refractivity contribution >= 4 is 29.3 Å². The second-order valence-electron chi connectivity index (χ2n) is 9.62. The molecule has 5 rings (SSSR count). The summed E-state index contributed by atoms with van der Waals surface area (Å²) in [6, 6.07) is 34.6. The summed E-state index contributed by atoms with van der Waals surface area (Å²) in [5.74, 6) is -0.957. The summed E-state index contributed by atoms with van der Waals surface area (Å²) in [7, 11) is 1.66. The Bertz CT molecular complexity index is 1540. The monoisotopic (exact) mass is 546 g/mol. The first-order valence-electron chi connectivity index (χ1n) is 13.3. The van der Waals surface area contributed by atoms with E-state index >= 15 is 0 Å². The van der Waals surface area contributed by atoms with Gasteiger partial charge in [0.05, 0.1) is 11.4 Å². The van der Waals surface area contributed by atoms with Crippen molar-refractivity contribution in [2.24, 2.45) is 4.99 Å². The molecule has 0 aliphatic carbocycles. The summed E-state index contributed by atoms with van der Waals surface area (Å²) in [5, 5.41) is 5.47. The van der Waals surface area contributed by atoms with E-state index in [0.29, 0.717) is 11.4 Å². The van der Waals surface area contributed by atoms with Crippen molar-refractivity contribution < 1.29 is 19.1 Å². The maximum absolute atomic E-state index is 13.7. The Morgan fingerprint density at radius 1 is 0.829 bits per heavy atom. The van der Waals surface area contributed by atoms with Crippen molar-refractivity contribution in [2.45, 2.75) is 25.2 Å². The molecule has 8 heteroatoms. The van der Waals surface area contributed by atoms with E-state index in [1.807, 2.05) is 115 Å². The molecule has 206 valence electrons. The third-order valence-corrected chi connectivity index (χ3v) is 6.77.